The van der Waals surface area contributed by atoms with Crippen molar-refractivity contribution in [3.05, 3.63) is 0 Å². The highest BCUT2D eigenvalue weighted by Gasteiger charge is 2.45. The molecule has 2 N–H and O–H groups in total. The van der Waals surface area contributed by atoms with E-state index in [0.717, 1.165) is 25.7 Å². The molecule has 1 heterocycles. The van der Waals surface area contributed by atoms with Crippen molar-refractivity contribution in [3.63, 3.8) is 0 Å². The first-order valence-electron chi connectivity index (χ1n) is 7.44. The van der Waals surface area contributed by atoms with Gasteiger partial charge in [0.2, 0.25) is 0 Å². The second-order valence-corrected chi connectivity index (χ2v) is 7.89. The number of carbonyl (C=O) groups is 1. The largest absolute Gasteiger partial charge is 0.446 e. The Hall–Kier alpha value is -0.860. The van der Waals surface area contributed by atoms with Gasteiger partial charge < -0.3 is 9.84 Å². The maximum absolute atomic E-state index is 12.2. The van der Waals surface area contributed by atoms with Crippen LogP contribution >= 0.6 is 0 Å². The zero-order valence-corrected chi connectivity index (χ0v) is 13.4. The minimum atomic E-state index is -3.91. The van der Waals surface area contributed by atoms with Crippen LogP contribution in [0.2, 0.25) is 0 Å². The molecule has 0 bridgehead atoms. The van der Waals surface area contributed by atoms with Crippen molar-refractivity contribution >= 4 is 16.3 Å². The molecule has 0 radical (unpaired) electrons. The number of nitrogens with one attached hydrogen (secondary N) is 1. The van der Waals surface area contributed by atoms with E-state index in [9.17, 15) is 18.3 Å². The van der Waals surface area contributed by atoms with E-state index in [2.05, 4.69) is 0 Å². The number of ether oxygens (including phenoxy) is 1. The highest BCUT2D eigenvalue weighted by molar-refractivity contribution is 7.87. The summed E-state index contributed by atoms with van der Waals surface area (Å²) in [7, 11) is -3.91. The van der Waals surface area contributed by atoms with Gasteiger partial charge >= 0.3 is 16.3 Å². The molecule has 1 aliphatic carbocycles. The molecule has 2 unspecified atom stereocenters. The Morgan fingerprint density at radius 3 is 2.76 bits per heavy atom. The van der Waals surface area contributed by atoms with Crippen molar-refractivity contribution < 1.29 is 23.1 Å². The summed E-state index contributed by atoms with van der Waals surface area (Å²) in [6.07, 6.45) is 2.60. The summed E-state index contributed by atoms with van der Waals surface area (Å²) in [5.74, 6) is -0.0577. The maximum Gasteiger partial charge on any atom is 0.422 e. The molecule has 0 aromatic carbocycles. The lowest BCUT2D eigenvalue weighted by atomic mass is 9.72. The van der Waals surface area contributed by atoms with E-state index >= 15 is 0 Å². The third kappa shape index (κ3) is 3.87. The van der Waals surface area contributed by atoms with Gasteiger partial charge in [0.25, 0.3) is 0 Å². The summed E-state index contributed by atoms with van der Waals surface area (Å²) < 4.78 is 32.3. The molecule has 7 nitrogen and oxygen atoms in total. The van der Waals surface area contributed by atoms with Crippen LogP contribution in [0.3, 0.4) is 0 Å². The van der Waals surface area contributed by atoms with Gasteiger partial charge in [0.05, 0.1) is 11.7 Å². The van der Waals surface area contributed by atoms with Crippen molar-refractivity contribution in [1.82, 2.24) is 9.03 Å². The van der Waals surface area contributed by atoms with Gasteiger partial charge in [0.15, 0.2) is 0 Å². The summed E-state index contributed by atoms with van der Waals surface area (Å²) in [5, 5.41) is 10.5. The first-order chi connectivity index (χ1) is 9.73. The molecule has 1 saturated heterocycles. The van der Waals surface area contributed by atoms with Gasteiger partial charge in [-0.2, -0.15) is 12.7 Å². The number of aliphatic hydroxyl groups is 1. The van der Waals surface area contributed by atoms with Crippen LogP contribution in [0.15, 0.2) is 0 Å². The molecule has 2 rings (SSSR count). The summed E-state index contributed by atoms with van der Waals surface area (Å²) >= 11 is 0. The lowest BCUT2D eigenvalue weighted by molar-refractivity contribution is -0.0817. The minimum Gasteiger partial charge on any atom is -0.446 e. The highest BCUT2D eigenvalue weighted by atomic mass is 32.2. The topological polar surface area (TPSA) is 95.9 Å². The Morgan fingerprint density at radius 2 is 2.10 bits per heavy atom. The smallest absolute Gasteiger partial charge is 0.422 e. The minimum absolute atomic E-state index is 0.0577. The number of carbonyl (C=O) groups excluding carboxylic acids is 1. The number of hydrogen-bond donors (Lipinski definition) is 2. The fourth-order valence-corrected chi connectivity index (χ4v) is 4.26. The highest BCUT2D eigenvalue weighted by Crippen LogP contribution is 2.40. The number of amides is 1. The fraction of sp³-hybridized carbons (Fsp3) is 0.923. The SMILES string of the molecule is CC(C)OC(=O)NS(=O)(=O)N1CCC2(O)CCCCC2C1. The summed E-state index contributed by atoms with van der Waals surface area (Å²) in [5.41, 5.74) is -0.747. The zero-order chi connectivity index (χ0) is 15.7. The van der Waals surface area contributed by atoms with Crippen LogP contribution in [0.1, 0.15) is 46.0 Å². The monoisotopic (exact) mass is 320 g/mol. The molecule has 0 spiro atoms. The number of nitrogens with zero attached hydrogens (tertiary/aromatic N) is 1. The van der Waals surface area contributed by atoms with E-state index in [-0.39, 0.29) is 25.1 Å². The first kappa shape index (κ1) is 16.5. The quantitative estimate of drug-likeness (QED) is 0.808. The molecule has 8 heteroatoms. The van der Waals surface area contributed by atoms with Gasteiger partial charge in [0, 0.05) is 19.0 Å². The van der Waals surface area contributed by atoms with Crippen molar-refractivity contribution in [2.75, 3.05) is 13.1 Å². The van der Waals surface area contributed by atoms with E-state index < -0.39 is 21.9 Å². The second kappa shape index (κ2) is 6.10. The van der Waals surface area contributed by atoms with Crippen LogP contribution in [0.4, 0.5) is 4.79 Å². The van der Waals surface area contributed by atoms with Crippen LogP contribution in [0.5, 0.6) is 0 Å². The Bertz CT molecular complexity index is 493. The number of hydrogen-bond acceptors (Lipinski definition) is 5. The standard InChI is InChI=1S/C13H24N2O5S/c1-10(2)20-12(16)14-21(18,19)15-8-7-13(17)6-4-3-5-11(13)9-15/h10-11,17H,3-9H2,1-2H3,(H,14,16). The lowest BCUT2D eigenvalue weighted by Gasteiger charge is -2.46. The number of fused-ring (bicyclic) bond motifs is 1. The second-order valence-electron chi connectivity index (χ2n) is 6.22. The zero-order valence-electron chi connectivity index (χ0n) is 12.5. The van der Waals surface area contributed by atoms with Gasteiger partial charge in [-0.05, 0) is 33.1 Å². The average Bonchev–Trinajstić information content (AvgIpc) is 2.35. The van der Waals surface area contributed by atoms with Gasteiger partial charge in [-0.25, -0.2) is 9.52 Å². The third-order valence-electron chi connectivity index (χ3n) is 4.29. The fourth-order valence-electron chi connectivity index (χ4n) is 3.17. The Morgan fingerprint density at radius 1 is 1.38 bits per heavy atom. The van der Waals surface area contributed by atoms with Crippen molar-refractivity contribution in [3.8, 4) is 0 Å². The maximum atomic E-state index is 12.2. The first-order valence-corrected chi connectivity index (χ1v) is 8.88. The molecule has 2 fully saturated rings. The Labute approximate surface area is 125 Å². The van der Waals surface area contributed by atoms with Gasteiger partial charge in [-0.15, -0.1) is 0 Å². The van der Waals surface area contributed by atoms with E-state index in [4.69, 9.17) is 4.74 Å². The van der Waals surface area contributed by atoms with Crippen LogP contribution in [-0.4, -0.2) is 48.7 Å². The van der Waals surface area contributed by atoms with Crippen molar-refractivity contribution in [1.29, 1.82) is 0 Å². The molecule has 0 aromatic rings. The third-order valence-corrected chi connectivity index (χ3v) is 5.72. The lowest BCUT2D eigenvalue weighted by Crippen LogP contribution is -2.57. The molecule has 2 atom stereocenters. The molecule has 0 aromatic heterocycles. The number of piperidine rings is 1. The van der Waals surface area contributed by atoms with E-state index in [1.807, 2.05) is 4.72 Å². The molecular formula is C13H24N2O5S. The van der Waals surface area contributed by atoms with Gasteiger partial charge in [0.1, 0.15) is 0 Å². The van der Waals surface area contributed by atoms with Crippen molar-refractivity contribution in [2.24, 2.45) is 5.92 Å². The summed E-state index contributed by atoms with van der Waals surface area (Å²) in [6.45, 7) is 3.77. The normalized spacial score (nSPS) is 30.8. The molecule has 2 aliphatic rings. The molecule has 21 heavy (non-hydrogen) atoms. The predicted octanol–water partition coefficient (Wildman–Crippen LogP) is 0.993. The Balaban J connectivity index is 2.00. The van der Waals surface area contributed by atoms with Crippen LogP contribution in [0, 0.1) is 5.92 Å². The molecular weight excluding hydrogens is 296 g/mol. The molecule has 122 valence electrons. The molecule has 1 amide bonds. The van der Waals surface area contributed by atoms with E-state index in [0.29, 0.717) is 6.42 Å². The average molecular weight is 320 g/mol. The Kier molecular flexibility index (Phi) is 4.79. The van der Waals surface area contributed by atoms with Crippen LogP contribution in [0.25, 0.3) is 0 Å². The molecule has 1 aliphatic heterocycles. The predicted molar refractivity (Wildman–Crippen MR) is 76.8 cm³/mol. The van der Waals surface area contributed by atoms with Crippen LogP contribution < -0.4 is 4.72 Å². The van der Waals surface area contributed by atoms with Crippen molar-refractivity contribution in [2.45, 2.75) is 57.7 Å². The van der Waals surface area contributed by atoms with Gasteiger partial charge in [-0.1, -0.05) is 12.8 Å². The van der Waals surface area contributed by atoms with Gasteiger partial charge in [-0.3, -0.25) is 0 Å². The molecule has 1 saturated carbocycles. The number of rotatable bonds is 3. The van der Waals surface area contributed by atoms with Crippen LogP contribution in [-0.2, 0) is 14.9 Å². The van der Waals surface area contributed by atoms with E-state index in [1.54, 1.807) is 13.8 Å². The van der Waals surface area contributed by atoms with E-state index in [1.165, 1.54) is 4.31 Å². The summed E-state index contributed by atoms with van der Waals surface area (Å²) in [6, 6.07) is 0. The summed E-state index contributed by atoms with van der Waals surface area (Å²) in [4.78, 5) is 11.5.